The van der Waals surface area contributed by atoms with Crippen molar-refractivity contribution in [2.24, 2.45) is 0 Å². The number of aromatic nitrogens is 2. The predicted octanol–water partition coefficient (Wildman–Crippen LogP) is 2.18. The SMILES string of the molecule is C[C@H]1CNCCN1Cc1nnc(-c2ccc(Cl)cc2)o1. The van der Waals surface area contributed by atoms with Gasteiger partial charge in [0, 0.05) is 36.3 Å². The van der Waals surface area contributed by atoms with Crippen molar-refractivity contribution in [2.45, 2.75) is 19.5 Å². The molecule has 0 unspecified atom stereocenters. The second-order valence-corrected chi connectivity index (χ2v) is 5.47. The molecule has 0 saturated carbocycles. The molecule has 0 aliphatic carbocycles. The van der Waals surface area contributed by atoms with Crippen LogP contribution in [0.1, 0.15) is 12.8 Å². The molecule has 106 valence electrons. The van der Waals surface area contributed by atoms with Gasteiger partial charge in [0.05, 0.1) is 6.54 Å². The molecule has 1 N–H and O–H groups in total. The normalized spacial score (nSPS) is 20.2. The van der Waals surface area contributed by atoms with E-state index in [9.17, 15) is 0 Å². The van der Waals surface area contributed by atoms with Gasteiger partial charge in [-0.05, 0) is 31.2 Å². The maximum absolute atomic E-state index is 5.87. The number of halogens is 1. The first-order valence-corrected chi connectivity index (χ1v) is 7.13. The molecule has 1 fully saturated rings. The molecule has 6 heteroatoms. The number of hydrogen-bond donors (Lipinski definition) is 1. The minimum absolute atomic E-state index is 0.481. The van der Waals surface area contributed by atoms with E-state index in [4.69, 9.17) is 16.0 Å². The topological polar surface area (TPSA) is 54.2 Å². The van der Waals surface area contributed by atoms with E-state index in [1.807, 2.05) is 24.3 Å². The van der Waals surface area contributed by atoms with Gasteiger partial charge in [0.25, 0.3) is 0 Å². The monoisotopic (exact) mass is 292 g/mol. The van der Waals surface area contributed by atoms with Crippen molar-refractivity contribution in [3.8, 4) is 11.5 Å². The van der Waals surface area contributed by atoms with Crippen LogP contribution in [-0.4, -0.2) is 40.8 Å². The highest BCUT2D eigenvalue weighted by Gasteiger charge is 2.20. The second-order valence-electron chi connectivity index (χ2n) is 5.03. The lowest BCUT2D eigenvalue weighted by molar-refractivity contribution is 0.151. The highest BCUT2D eigenvalue weighted by atomic mass is 35.5. The maximum Gasteiger partial charge on any atom is 0.247 e. The van der Waals surface area contributed by atoms with Crippen LogP contribution >= 0.6 is 11.6 Å². The number of piperazine rings is 1. The number of hydrogen-bond acceptors (Lipinski definition) is 5. The molecule has 0 amide bonds. The van der Waals surface area contributed by atoms with E-state index in [0.29, 0.717) is 29.4 Å². The quantitative estimate of drug-likeness (QED) is 0.940. The van der Waals surface area contributed by atoms with Gasteiger partial charge < -0.3 is 9.73 Å². The third-order valence-electron chi connectivity index (χ3n) is 3.54. The van der Waals surface area contributed by atoms with Gasteiger partial charge in [-0.3, -0.25) is 4.90 Å². The summed E-state index contributed by atoms with van der Waals surface area (Å²) in [6.45, 7) is 5.90. The van der Waals surface area contributed by atoms with Gasteiger partial charge >= 0.3 is 0 Å². The lowest BCUT2D eigenvalue weighted by atomic mass is 10.2. The minimum atomic E-state index is 0.481. The Labute approximate surface area is 122 Å². The highest BCUT2D eigenvalue weighted by molar-refractivity contribution is 6.30. The molecule has 5 nitrogen and oxygen atoms in total. The molecule has 1 aliphatic rings. The average molecular weight is 293 g/mol. The number of rotatable bonds is 3. The Bertz CT molecular complexity index is 569. The molecule has 0 spiro atoms. The van der Waals surface area contributed by atoms with Gasteiger partial charge in [0.15, 0.2) is 0 Å². The van der Waals surface area contributed by atoms with E-state index >= 15 is 0 Å². The van der Waals surface area contributed by atoms with Crippen LogP contribution < -0.4 is 5.32 Å². The summed E-state index contributed by atoms with van der Waals surface area (Å²) in [5.41, 5.74) is 0.890. The zero-order valence-electron chi connectivity index (χ0n) is 11.3. The van der Waals surface area contributed by atoms with E-state index in [1.165, 1.54) is 0 Å². The van der Waals surface area contributed by atoms with Crippen LogP contribution in [-0.2, 0) is 6.54 Å². The fraction of sp³-hybridized carbons (Fsp3) is 0.429. The molecular formula is C14H17ClN4O. The van der Waals surface area contributed by atoms with Gasteiger partial charge in [-0.15, -0.1) is 10.2 Å². The third kappa shape index (κ3) is 3.00. The standard InChI is InChI=1S/C14H17ClN4O/c1-10-8-16-6-7-19(10)9-13-17-18-14(20-13)11-2-4-12(15)5-3-11/h2-5,10,16H,6-9H2,1H3/t10-/m0/s1. The van der Waals surface area contributed by atoms with Crippen molar-refractivity contribution in [2.75, 3.05) is 19.6 Å². The van der Waals surface area contributed by atoms with Crippen molar-refractivity contribution in [3.63, 3.8) is 0 Å². The molecule has 2 aromatic rings. The number of benzene rings is 1. The van der Waals surface area contributed by atoms with Crippen molar-refractivity contribution < 1.29 is 4.42 Å². The Morgan fingerprint density at radius 1 is 1.35 bits per heavy atom. The van der Waals surface area contributed by atoms with Gasteiger partial charge in [0.1, 0.15) is 0 Å². The summed E-state index contributed by atoms with van der Waals surface area (Å²) in [6.07, 6.45) is 0. The Hall–Kier alpha value is -1.43. The molecular weight excluding hydrogens is 276 g/mol. The lowest BCUT2D eigenvalue weighted by Crippen LogP contribution is -2.49. The van der Waals surface area contributed by atoms with Crippen molar-refractivity contribution in [1.82, 2.24) is 20.4 Å². The van der Waals surface area contributed by atoms with Gasteiger partial charge in [-0.2, -0.15) is 0 Å². The van der Waals surface area contributed by atoms with Crippen molar-refractivity contribution in [1.29, 1.82) is 0 Å². The summed E-state index contributed by atoms with van der Waals surface area (Å²) in [5, 5.41) is 12.3. The Kier molecular flexibility index (Phi) is 4.00. The highest BCUT2D eigenvalue weighted by Crippen LogP contribution is 2.21. The Balaban J connectivity index is 1.71. The van der Waals surface area contributed by atoms with Gasteiger partial charge in [0.2, 0.25) is 11.8 Å². The molecule has 20 heavy (non-hydrogen) atoms. The smallest absolute Gasteiger partial charge is 0.247 e. The van der Waals surface area contributed by atoms with Gasteiger partial charge in [-0.25, -0.2) is 0 Å². The van der Waals surface area contributed by atoms with Gasteiger partial charge in [-0.1, -0.05) is 11.6 Å². The van der Waals surface area contributed by atoms with Crippen LogP contribution in [0.5, 0.6) is 0 Å². The van der Waals surface area contributed by atoms with E-state index in [2.05, 4.69) is 27.3 Å². The number of nitrogens with zero attached hydrogens (tertiary/aromatic N) is 3. The third-order valence-corrected chi connectivity index (χ3v) is 3.79. The Morgan fingerprint density at radius 2 is 2.15 bits per heavy atom. The van der Waals surface area contributed by atoms with Crippen LogP contribution in [0.4, 0.5) is 0 Å². The minimum Gasteiger partial charge on any atom is -0.419 e. The zero-order chi connectivity index (χ0) is 13.9. The molecule has 0 bridgehead atoms. The summed E-state index contributed by atoms with van der Waals surface area (Å²) in [4.78, 5) is 2.34. The summed E-state index contributed by atoms with van der Waals surface area (Å²) in [5.74, 6) is 1.20. The van der Waals surface area contributed by atoms with E-state index in [1.54, 1.807) is 0 Å². The zero-order valence-corrected chi connectivity index (χ0v) is 12.1. The van der Waals surface area contributed by atoms with Crippen molar-refractivity contribution in [3.05, 3.63) is 35.2 Å². The number of nitrogens with one attached hydrogen (secondary N) is 1. The fourth-order valence-electron chi connectivity index (χ4n) is 2.32. The van der Waals surface area contributed by atoms with Crippen LogP contribution in [0.2, 0.25) is 5.02 Å². The molecule has 1 aliphatic heterocycles. The molecule has 1 saturated heterocycles. The molecule has 0 radical (unpaired) electrons. The average Bonchev–Trinajstić information content (AvgIpc) is 2.91. The van der Waals surface area contributed by atoms with Crippen LogP contribution in [0.3, 0.4) is 0 Å². The second kappa shape index (κ2) is 5.91. The first-order chi connectivity index (χ1) is 9.72. The molecule has 1 atom stereocenters. The molecule has 3 rings (SSSR count). The van der Waals surface area contributed by atoms with Crippen LogP contribution in [0.25, 0.3) is 11.5 Å². The largest absolute Gasteiger partial charge is 0.419 e. The molecule has 1 aromatic carbocycles. The molecule has 2 heterocycles. The van der Waals surface area contributed by atoms with Crippen LogP contribution in [0, 0.1) is 0 Å². The maximum atomic E-state index is 5.87. The van der Waals surface area contributed by atoms with E-state index in [0.717, 1.165) is 25.2 Å². The first kappa shape index (κ1) is 13.5. The van der Waals surface area contributed by atoms with Crippen molar-refractivity contribution >= 4 is 11.6 Å². The predicted molar refractivity (Wildman–Crippen MR) is 77.5 cm³/mol. The fourth-order valence-corrected chi connectivity index (χ4v) is 2.44. The summed E-state index contributed by atoms with van der Waals surface area (Å²) >= 11 is 5.87. The lowest BCUT2D eigenvalue weighted by Gasteiger charge is -2.32. The Morgan fingerprint density at radius 3 is 2.90 bits per heavy atom. The van der Waals surface area contributed by atoms with Crippen LogP contribution in [0.15, 0.2) is 28.7 Å². The molecule has 1 aromatic heterocycles. The van der Waals surface area contributed by atoms with E-state index < -0.39 is 0 Å². The first-order valence-electron chi connectivity index (χ1n) is 6.75. The van der Waals surface area contributed by atoms with E-state index in [-0.39, 0.29) is 0 Å². The summed E-state index contributed by atoms with van der Waals surface area (Å²) < 4.78 is 5.73. The summed E-state index contributed by atoms with van der Waals surface area (Å²) in [7, 11) is 0. The summed E-state index contributed by atoms with van der Waals surface area (Å²) in [6, 6.07) is 7.88.